The molecule has 2 fully saturated rings. The van der Waals surface area contributed by atoms with Crippen LogP contribution in [0, 0.1) is 46.3 Å². The lowest BCUT2D eigenvalue weighted by Gasteiger charge is -2.57. The number of carbonyl (C=O) groups excluding carboxylic acids is 2. The molecule has 4 unspecified atom stereocenters. The van der Waals surface area contributed by atoms with Gasteiger partial charge in [-0.25, -0.2) is 0 Å². The molecule has 4 aliphatic carbocycles. The molecule has 34 heavy (non-hydrogen) atoms. The standard InChI is InChI=1S/C30H46O4/c1-16(18(3)20(5)31)8-9-17(2)21-10-11-22-27-25(33)14-23-19(4)24(32)12-13-29(23,6)28(27)26(34)15-30(21,22)7/h17-19,21-25,32-33H,1,8-15H2,2-7H3/t17-,18?,19+,21?,22?,23?,24+,25-,29+,30-/m1/s1. The quantitative estimate of drug-likeness (QED) is 0.491. The van der Waals surface area contributed by atoms with E-state index in [0.717, 1.165) is 55.2 Å². The smallest absolute Gasteiger partial charge is 0.160 e. The first-order valence-corrected chi connectivity index (χ1v) is 13.6. The Morgan fingerprint density at radius 1 is 1.18 bits per heavy atom. The Hall–Kier alpha value is -1.26. The normalized spacial score (nSPS) is 43.6. The number of Topliss-reactive ketones (excluding diaryl/α,β-unsaturated/α-hetero) is 2. The minimum absolute atomic E-state index is 0.0921. The minimum Gasteiger partial charge on any atom is -0.393 e. The number of hydrogen-bond acceptors (Lipinski definition) is 4. The fraction of sp³-hybridized carbons (Fsp3) is 0.800. The van der Waals surface area contributed by atoms with E-state index in [1.807, 2.05) is 6.92 Å². The van der Waals surface area contributed by atoms with Gasteiger partial charge >= 0.3 is 0 Å². The van der Waals surface area contributed by atoms with Gasteiger partial charge in [-0.2, -0.15) is 0 Å². The van der Waals surface area contributed by atoms with E-state index in [0.29, 0.717) is 24.7 Å². The molecule has 0 heterocycles. The van der Waals surface area contributed by atoms with Crippen LogP contribution in [0.2, 0.25) is 0 Å². The molecule has 4 aliphatic rings. The Balaban J connectivity index is 1.60. The summed E-state index contributed by atoms with van der Waals surface area (Å²) in [6.45, 7) is 16.7. The van der Waals surface area contributed by atoms with Crippen LogP contribution >= 0.6 is 0 Å². The summed E-state index contributed by atoms with van der Waals surface area (Å²) in [5.41, 5.74) is 2.67. The third-order valence-electron chi connectivity index (χ3n) is 11.2. The molecule has 0 saturated heterocycles. The molecule has 4 heteroatoms. The maximum absolute atomic E-state index is 13.9. The highest BCUT2D eigenvalue weighted by atomic mass is 16.3. The van der Waals surface area contributed by atoms with Crippen molar-refractivity contribution in [1.29, 1.82) is 0 Å². The van der Waals surface area contributed by atoms with Crippen LogP contribution in [-0.4, -0.2) is 34.0 Å². The average Bonchev–Trinajstić information content (AvgIpc) is 3.11. The van der Waals surface area contributed by atoms with Crippen LogP contribution in [0.1, 0.15) is 92.9 Å². The number of fused-ring (bicyclic) bond motifs is 4. The largest absolute Gasteiger partial charge is 0.393 e. The van der Waals surface area contributed by atoms with Gasteiger partial charge in [-0.3, -0.25) is 9.59 Å². The first kappa shape index (κ1) is 25.8. The Kier molecular flexibility index (Phi) is 6.83. The number of ketones is 2. The summed E-state index contributed by atoms with van der Waals surface area (Å²) in [6, 6.07) is 0. The fourth-order valence-electron chi connectivity index (χ4n) is 8.80. The molecular weight excluding hydrogens is 424 g/mol. The van der Waals surface area contributed by atoms with Crippen molar-refractivity contribution in [3.05, 3.63) is 23.3 Å². The lowest BCUT2D eigenvalue weighted by atomic mass is 9.48. The van der Waals surface area contributed by atoms with E-state index in [1.165, 1.54) is 0 Å². The highest BCUT2D eigenvalue weighted by Gasteiger charge is 2.61. The Morgan fingerprint density at radius 3 is 2.50 bits per heavy atom. The molecule has 0 amide bonds. The zero-order valence-corrected chi connectivity index (χ0v) is 22.2. The van der Waals surface area contributed by atoms with Gasteiger partial charge in [-0.1, -0.05) is 46.8 Å². The summed E-state index contributed by atoms with van der Waals surface area (Å²) in [7, 11) is 0. The highest BCUT2D eigenvalue weighted by Crippen LogP contribution is 2.65. The first-order chi connectivity index (χ1) is 15.8. The molecule has 0 radical (unpaired) electrons. The van der Waals surface area contributed by atoms with Gasteiger partial charge in [-0.05, 0) is 97.9 Å². The number of hydrogen-bond donors (Lipinski definition) is 2. The molecule has 2 N–H and O–H groups in total. The molecule has 2 saturated carbocycles. The number of rotatable bonds is 6. The second-order valence-corrected chi connectivity index (χ2v) is 12.9. The second kappa shape index (κ2) is 9.00. The SMILES string of the molecule is C=C(CC[C@@H](C)C1CCC2C3=C(C(=O)C[C@@]21C)[C@@]1(C)CC[C@H](O)[C@@H](C)C1C[C@H]3O)C(C)C(C)=O. The van der Waals surface area contributed by atoms with Gasteiger partial charge in [-0.15, -0.1) is 0 Å². The van der Waals surface area contributed by atoms with E-state index >= 15 is 0 Å². The number of allylic oxidation sites excluding steroid dienone is 2. The molecular formula is C30H46O4. The second-order valence-electron chi connectivity index (χ2n) is 12.9. The molecule has 10 atom stereocenters. The molecule has 0 spiro atoms. The van der Waals surface area contributed by atoms with Crippen molar-refractivity contribution in [3.8, 4) is 0 Å². The lowest BCUT2D eigenvalue weighted by molar-refractivity contribution is -0.126. The minimum atomic E-state index is -0.570. The summed E-state index contributed by atoms with van der Waals surface area (Å²) >= 11 is 0. The van der Waals surface area contributed by atoms with Crippen LogP contribution in [0.5, 0.6) is 0 Å². The molecule has 0 bridgehead atoms. The van der Waals surface area contributed by atoms with Crippen molar-refractivity contribution in [1.82, 2.24) is 0 Å². The predicted molar refractivity (Wildman–Crippen MR) is 135 cm³/mol. The molecule has 0 aromatic rings. The maximum Gasteiger partial charge on any atom is 0.160 e. The fourth-order valence-corrected chi connectivity index (χ4v) is 8.80. The van der Waals surface area contributed by atoms with Crippen LogP contribution in [0.25, 0.3) is 0 Å². The molecule has 4 rings (SSSR count). The molecule has 0 aromatic carbocycles. The summed E-state index contributed by atoms with van der Waals surface area (Å²) < 4.78 is 0. The van der Waals surface area contributed by atoms with Gasteiger partial charge in [0, 0.05) is 17.9 Å². The predicted octanol–water partition coefficient (Wildman–Crippen LogP) is 5.66. The first-order valence-electron chi connectivity index (χ1n) is 13.6. The lowest BCUT2D eigenvalue weighted by Crippen LogP contribution is -2.54. The third-order valence-corrected chi connectivity index (χ3v) is 11.2. The Bertz CT molecular complexity index is 901. The Labute approximate surface area is 206 Å². The van der Waals surface area contributed by atoms with E-state index in [4.69, 9.17) is 0 Å². The van der Waals surface area contributed by atoms with Gasteiger partial charge in [0.15, 0.2) is 5.78 Å². The highest BCUT2D eigenvalue weighted by molar-refractivity contribution is 5.99. The third kappa shape index (κ3) is 3.88. The van der Waals surface area contributed by atoms with Gasteiger partial charge in [0.2, 0.25) is 0 Å². The van der Waals surface area contributed by atoms with E-state index in [1.54, 1.807) is 6.92 Å². The van der Waals surface area contributed by atoms with Gasteiger partial charge < -0.3 is 10.2 Å². The number of aliphatic hydroxyl groups excluding tert-OH is 2. The van der Waals surface area contributed by atoms with E-state index in [-0.39, 0.29) is 52.2 Å². The summed E-state index contributed by atoms with van der Waals surface area (Å²) in [4.78, 5) is 25.6. The zero-order chi connectivity index (χ0) is 25.2. The van der Waals surface area contributed by atoms with Crippen LogP contribution in [0.3, 0.4) is 0 Å². The zero-order valence-electron chi connectivity index (χ0n) is 22.2. The van der Waals surface area contributed by atoms with Crippen LogP contribution in [0.15, 0.2) is 23.3 Å². The number of carbonyl (C=O) groups is 2. The van der Waals surface area contributed by atoms with Crippen LogP contribution < -0.4 is 0 Å². The average molecular weight is 471 g/mol. The monoisotopic (exact) mass is 470 g/mol. The van der Waals surface area contributed by atoms with Gasteiger partial charge in [0.1, 0.15) is 5.78 Å². The molecule has 0 aliphatic heterocycles. The molecule has 4 nitrogen and oxygen atoms in total. The van der Waals surface area contributed by atoms with Crippen molar-refractivity contribution >= 4 is 11.6 Å². The molecule has 0 aromatic heterocycles. The summed E-state index contributed by atoms with van der Waals surface area (Å²) in [5, 5.41) is 21.9. The summed E-state index contributed by atoms with van der Waals surface area (Å²) in [5.74, 6) is 1.72. The van der Waals surface area contributed by atoms with Crippen LogP contribution in [-0.2, 0) is 9.59 Å². The van der Waals surface area contributed by atoms with Crippen molar-refractivity contribution in [2.24, 2.45) is 46.3 Å². The van der Waals surface area contributed by atoms with Crippen molar-refractivity contribution in [3.63, 3.8) is 0 Å². The van der Waals surface area contributed by atoms with E-state index in [9.17, 15) is 19.8 Å². The van der Waals surface area contributed by atoms with E-state index < -0.39 is 6.10 Å². The van der Waals surface area contributed by atoms with Crippen molar-refractivity contribution < 1.29 is 19.8 Å². The van der Waals surface area contributed by atoms with Gasteiger partial charge in [0.05, 0.1) is 12.2 Å². The maximum atomic E-state index is 13.9. The molecule has 190 valence electrons. The van der Waals surface area contributed by atoms with Gasteiger partial charge in [0.25, 0.3) is 0 Å². The summed E-state index contributed by atoms with van der Waals surface area (Å²) in [6.07, 6.45) is 5.86. The topological polar surface area (TPSA) is 74.6 Å². The van der Waals surface area contributed by atoms with Crippen LogP contribution in [0.4, 0.5) is 0 Å². The van der Waals surface area contributed by atoms with Crippen molar-refractivity contribution in [2.45, 2.75) is 105 Å². The number of aliphatic hydroxyl groups is 2. The van der Waals surface area contributed by atoms with Crippen molar-refractivity contribution in [2.75, 3.05) is 0 Å². The van der Waals surface area contributed by atoms with E-state index in [2.05, 4.69) is 34.3 Å². The Morgan fingerprint density at radius 2 is 1.85 bits per heavy atom.